The molecule has 1 aliphatic rings. The number of hydrogen-bond acceptors (Lipinski definition) is 2. The zero-order chi connectivity index (χ0) is 12.1. The van der Waals surface area contributed by atoms with Gasteiger partial charge in [-0.2, -0.15) is 0 Å². The number of halogens is 1. The maximum atomic E-state index is 3.56. The Balaban J connectivity index is 1.67. The first-order chi connectivity index (χ1) is 8.25. The van der Waals surface area contributed by atoms with Gasteiger partial charge in [-0.25, -0.2) is 0 Å². The highest BCUT2D eigenvalue weighted by Crippen LogP contribution is 2.26. The smallest absolute Gasteiger partial charge is 0.0314 e. The van der Waals surface area contributed by atoms with Crippen molar-refractivity contribution in [2.45, 2.75) is 45.6 Å². The zero-order valence-electron chi connectivity index (χ0n) is 10.4. The lowest BCUT2D eigenvalue weighted by Crippen LogP contribution is -2.14. The minimum Gasteiger partial charge on any atom is -0.312 e. The SMILES string of the molecule is Cc1sc(CNCCC2=CCCCC2)cc1Br. The summed E-state index contributed by atoms with van der Waals surface area (Å²) in [6, 6.07) is 2.23. The summed E-state index contributed by atoms with van der Waals surface area (Å²) in [5, 5.41) is 3.54. The maximum absolute atomic E-state index is 3.56. The van der Waals surface area contributed by atoms with Crippen LogP contribution in [0.3, 0.4) is 0 Å². The highest BCUT2D eigenvalue weighted by atomic mass is 79.9. The summed E-state index contributed by atoms with van der Waals surface area (Å²) in [6.07, 6.45) is 9.07. The molecule has 1 aromatic heterocycles. The Morgan fingerprint density at radius 2 is 2.29 bits per heavy atom. The Labute approximate surface area is 116 Å². The number of nitrogens with one attached hydrogen (secondary N) is 1. The molecule has 0 saturated heterocycles. The van der Waals surface area contributed by atoms with Crippen molar-refractivity contribution >= 4 is 27.3 Å². The van der Waals surface area contributed by atoms with Gasteiger partial charge in [0.2, 0.25) is 0 Å². The average molecular weight is 314 g/mol. The van der Waals surface area contributed by atoms with Crippen molar-refractivity contribution in [2.24, 2.45) is 0 Å². The predicted molar refractivity (Wildman–Crippen MR) is 79.6 cm³/mol. The van der Waals surface area contributed by atoms with Crippen LogP contribution in [0.25, 0.3) is 0 Å². The third-order valence-corrected chi connectivity index (χ3v) is 5.35. The van der Waals surface area contributed by atoms with Gasteiger partial charge >= 0.3 is 0 Å². The maximum Gasteiger partial charge on any atom is 0.0314 e. The van der Waals surface area contributed by atoms with Crippen molar-refractivity contribution in [2.75, 3.05) is 6.54 Å². The highest BCUT2D eigenvalue weighted by Gasteiger charge is 2.04. The first-order valence-electron chi connectivity index (χ1n) is 6.39. The fourth-order valence-corrected chi connectivity index (χ4v) is 3.77. The lowest BCUT2D eigenvalue weighted by atomic mass is 9.97. The van der Waals surface area contributed by atoms with Crippen LogP contribution in [-0.4, -0.2) is 6.54 Å². The molecule has 0 radical (unpaired) electrons. The van der Waals surface area contributed by atoms with E-state index >= 15 is 0 Å². The van der Waals surface area contributed by atoms with Crippen molar-refractivity contribution in [1.82, 2.24) is 5.32 Å². The van der Waals surface area contributed by atoms with E-state index in [1.54, 1.807) is 5.57 Å². The molecule has 1 nitrogen and oxygen atoms in total. The van der Waals surface area contributed by atoms with Gasteiger partial charge in [-0.05, 0) is 67.6 Å². The second kappa shape index (κ2) is 6.72. The second-order valence-electron chi connectivity index (χ2n) is 4.65. The molecule has 0 spiro atoms. The topological polar surface area (TPSA) is 12.0 Å². The third kappa shape index (κ3) is 4.23. The lowest BCUT2D eigenvalue weighted by Gasteiger charge is -2.12. The van der Waals surface area contributed by atoms with E-state index < -0.39 is 0 Å². The third-order valence-electron chi connectivity index (χ3n) is 3.22. The van der Waals surface area contributed by atoms with Gasteiger partial charge in [0, 0.05) is 20.8 Å². The number of hydrogen-bond donors (Lipinski definition) is 1. The fourth-order valence-electron chi connectivity index (χ4n) is 2.20. The summed E-state index contributed by atoms with van der Waals surface area (Å²) < 4.78 is 1.24. The quantitative estimate of drug-likeness (QED) is 0.608. The second-order valence-corrected chi connectivity index (χ2v) is 6.85. The van der Waals surface area contributed by atoms with Crippen LogP contribution in [0.2, 0.25) is 0 Å². The molecule has 0 fully saturated rings. The Morgan fingerprint density at radius 1 is 1.41 bits per heavy atom. The van der Waals surface area contributed by atoms with E-state index in [0.717, 1.165) is 13.1 Å². The van der Waals surface area contributed by atoms with Crippen LogP contribution in [-0.2, 0) is 6.54 Å². The van der Waals surface area contributed by atoms with Crippen LogP contribution in [0.1, 0.15) is 41.9 Å². The molecule has 1 N–H and O–H groups in total. The van der Waals surface area contributed by atoms with E-state index in [4.69, 9.17) is 0 Å². The molecule has 0 bridgehead atoms. The van der Waals surface area contributed by atoms with E-state index in [0.29, 0.717) is 0 Å². The van der Waals surface area contributed by atoms with Crippen molar-refractivity contribution in [1.29, 1.82) is 0 Å². The van der Waals surface area contributed by atoms with Crippen molar-refractivity contribution < 1.29 is 0 Å². The van der Waals surface area contributed by atoms with Crippen molar-refractivity contribution in [3.8, 4) is 0 Å². The standard InChI is InChI=1S/C14H20BrNS/c1-11-14(15)9-13(17-11)10-16-8-7-12-5-3-2-4-6-12/h5,9,16H,2-4,6-8,10H2,1H3. The van der Waals surface area contributed by atoms with Gasteiger partial charge in [-0.1, -0.05) is 11.6 Å². The monoisotopic (exact) mass is 313 g/mol. The van der Waals surface area contributed by atoms with Crippen LogP contribution in [0.15, 0.2) is 22.2 Å². The van der Waals surface area contributed by atoms with E-state index in [1.165, 1.54) is 46.3 Å². The molecule has 1 aromatic rings. The average Bonchev–Trinajstić information content (AvgIpc) is 2.66. The Kier molecular flexibility index (Phi) is 5.26. The van der Waals surface area contributed by atoms with E-state index in [-0.39, 0.29) is 0 Å². The van der Waals surface area contributed by atoms with Crippen molar-refractivity contribution in [3.63, 3.8) is 0 Å². The molecular weight excluding hydrogens is 294 g/mol. The Morgan fingerprint density at radius 3 is 2.94 bits per heavy atom. The largest absolute Gasteiger partial charge is 0.312 e. The number of thiophene rings is 1. The lowest BCUT2D eigenvalue weighted by molar-refractivity contribution is 0.635. The molecule has 0 amide bonds. The van der Waals surface area contributed by atoms with Gasteiger partial charge in [0.05, 0.1) is 0 Å². The molecule has 0 aliphatic heterocycles. The summed E-state index contributed by atoms with van der Waals surface area (Å²) >= 11 is 5.44. The predicted octanol–water partition coefficient (Wildman–Crippen LogP) is 4.80. The van der Waals surface area contributed by atoms with Crippen LogP contribution >= 0.6 is 27.3 Å². The molecule has 3 heteroatoms. The minimum atomic E-state index is 1.00. The summed E-state index contributed by atoms with van der Waals surface area (Å²) in [5.41, 5.74) is 1.66. The first-order valence-corrected chi connectivity index (χ1v) is 8.00. The first kappa shape index (κ1) is 13.3. The Bertz CT molecular complexity index is 375. The molecule has 1 heterocycles. The molecule has 17 heavy (non-hydrogen) atoms. The molecule has 0 unspecified atom stereocenters. The molecule has 0 atom stereocenters. The summed E-state index contributed by atoms with van der Waals surface area (Å²) in [4.78, 5) is 2.80. The van der Waals surface area contributed by atoms with Gasteiger partial charge in [0.1, 0.15) is 0 Å². The van der Waals surface area contributed by atoms with Crippen molar-refractivity contribution in [3.05, 3.63) is 31.9 Å². The zero-order valence-corrected chi connectivity index (χ0v) is 12.8. The molecular formula is C14H20BrNS. The van der Waals surface area contributed by atoms with Crippen LogP contribution in [0, 0.1) is 6.92 Å². The number of aryl methyl sites for hydroxylation is 1. The highest BCUT2D eigenvalue weighted by molar-refractivity contribution is 9.10. The molecule has 1 aliphatic carbocycles. The molecule has 0 aromatic carbocycles. The van der Waals surface area contributed by atoms with E-state index in [2.05, 4.69) is 40.3 Å². The normalized spacial score (nSPS) is 16.0. The van der Waals surface area contributed by atoms with Crippen LogP contribution in [0.4, 0.5) is 0 Å². The molecule has 0 saturated carbocycles. The molecule has 2 rings (SSSR count). The van der Waals surface area contributed by atoms with E-state index in [1.807, 2.05) is 11.3 Å². The summed E-state index contributed by atoms with van der Waals surface area (Å²) in [5.74, 6) is 0. The number of allylic oxidation sites excluding steroid dienone is 1. The molecule has 94 valence electrons. The van der Waals surface area contributed by atoms with Gasteiger partial charge in [-0.15, -0.1) is 11.3 Å². The number of rotatable bonds is 5. The van der Waals surface area contributed by atoms with Crippen LogP contribution < -0.4 is 5.32 Å². The minimum absolute atomic E-state index is 1.00. The van der Waals surface area contributed by atoms with E-state index in [9.17, 15) is 0 Å². The van der Waals surface area contributed by atoms with Gasteiger partial charge in [-0.3, -0.25) is 0 Å². The van der Waals surface area contributed by atoms with Gasteiger partial charge in [0.15, 0.2) is 0 Å². The fraction of sp³-hybridized carbons (Fsp3) is 0.571. The van der Waals surface area contributed by atoms with Gasteiger partial charge < -0.3 is 5.32 Å². The Hall–Kier alpha value is -0.120. The van der Waals surface area contributed by atoms with Gasteiger partial charge in [0.25, 0.3) is 0 Å². The van der Waals surface area contributed by atoms with Crippen LogP contribution in [0.5, 0.6) is 0 Å². The summed E-state index contributed by atoms with van der Waals surface area (Å²) in [7, 11) is 0. The summed E-state index contributed by atoms with van der Waals surface area (Å²) in [6.45, 7) is 4.27.